The van der Waals surface area contributed by atoms with E-state index in [-0.39, 0.29) is 0 Å². The summed E-state index contributed by atoms with van der Waals surface area (Å²) in [4.78, 5) is 4.49. The molecule has 0 aromatic rings. The van der Waals surface area contributed by atoms with E-state index in [1.54, 1.807) is 0 Å². The van der Waals surface area contributed by atoms with Crippen molar-refractivity contribution < 1.29 is 4.74 Å². The Morgan fingerprint density at radius 1 is 1.33 bits per heavy atom. The van der Waals surface area contributed by atoms with Crippen molar-refractivity contribution in [1.29, 1.82) is 0 Å². The van der Waals surface area contributed by atoms with Gasteiger partial charge in [-0.3, -0.25) is 0 Å². The van der Waals surface area contributed by atoms with Crippen molar-refractivity contribution in [3.05, 3.63) is 36.3 Å². The van der Waals surface area contributed by atoms with Gasteiger partial charge < -0.3 is 14.5 Å². The third kappa shape index (κ3) is 3.39. The fraction of sp³-hybridized carbons (Fsp3) is 0.600. The van der Waals surface area contributed by atoms with E-state index >= 15 is 0 Å². The molecule has 1 aliphatic heterocycles. The highest BCUT2D eigenvalue weighted by Gasteiger charge is 2.19. The van der Waals surface area contributed by atoms with Gasteiger partial charge in [-0.25, -0.2) is 0 Å². The molecule has 0 atom stereocenters. The summed E-state index contributed by atoms with van der Waals surface area (Å²) in [6, 6.07) is 0. The lowest BCUT2D eigenvalue weighted by atomic mass is 10.1. The first kappa shape index (κ1) is 14.8. The van der Waals surface area contributed by atoms with Crippen LogP contribution in [-0.4, -0.2) is 42.6 Å². The van der Waals surface area contributed by atoms with Gasteiger partial charge in [-0.2, -0.15) is 0 Å². The van der Waals surface area contributed by atoms with Crippen LogP contribution < -0.4 is 0 Å². The zero-order valence-corrected chi connectivity index (χ0v) is 12.0. The van der Waals surface area contributed by atoms with Gasteiger partial charge in [0.25, 0.3) is 0 Å². The molecule has 0 saturated carbocycles. The number of morpholine rings is 1. The Morgan fingerprint density at radius 3 is 2.39 bits per heavy atom. The van der Waals surface area contributed by atoms with Crippen molar-refractivity contribution in [3.8, 4) is 0 Å². The number of likely N-dealkylation sites (N-methyl/N-ethyl adjacent to an activating group) is 1. The molecule has 0 spiro atoms. The van der Waals surface area contributed by atoms with Crippen molar-refractivity contribution in [1.82, 2.24) is 9.80 Å². The van der Waals surface area contributed by atoms with E-state index in [4.69, 9.17) is 4.74 Å². The highest BCUT2D eigenvalue weighted by Crippen LogP contribution is 2.24. The van der Waals surface area contributed by atoms with E-state index in [0.29, 0.717) is 0 Å². The zero-order chi connectivity index (χ0) is 13.5. The molecular formula is C15H26N2O. The molecule has 3 heteroatoms. The van der Waals surface area contributed by atoms with E-state index in [2.05, 4.69) is 43.7 Å². The van der Waals surface area contributed by atoms with Crippen LogP contribution in [0.15, 0.2) is 36.3 Å². The summed E-state index contributed by atoms with van der Waals surface area (Å²) in [7, 11) is 0. The van der Waals surface area contributed by atoms with E-state index < -0.39 is 0 Å². The summed E-state index contributed by atoms with van der Waals surface area (Å²) in [6.07, 6.45) is 2.92. The monoisotopic (exact) mass is 250 g/mol. The van der Waals surface area contributed by atoms with Gasteiger partial charge in [0, 0.05) is 19.6 Å². The fourth-order valence-electron chi connectivity index (χ4n) is 2.19. The number of allylic oxidation sites excluding steroid dienone is 1. The SMILES string of the molecule is C=CN(CC)/C(C(=C)N1CCOCC1)=C(/C)CC. The molecule has 0 aliphatic carbocycles. The van der Waals surface area contributed by atoms with Crippen LogP contribution in [0, 0.1) is 0 Å². The molecule has 0 N–H and O–H groups in total. The second-order valence-corrected chi connectivity index (χ2v) is 4.50. The van der Waals surface area contributed by atoms with Gasteiger partial charge in [0.05, 0.1) is 24.6 Å². The molecule has 3 nitrogen and oxygen atoms in total. The van der Waals surface area contributed by atoms with E-state index in [1.807, 2.05) is 6.20 Å². The number of nitrogens with zero attached hydrogens (tertiary/aromatic N) is 2. The topological polar surface area (TPSA) is 15.7 Å². The van der Waals surface area contributed by atoms with E-state index in [1.165, 1.54) is 11.3 Å². The molecule has 0 bridgehead atoms. The van der Waals surface area contributed by atoms with Gasteiger partial charge in [-0.1, -0.05) is 20.1 Å². The second-order valence-electron chi connectivity index (χ2n) is 4.50. The maximum atomic E-state index is 5.40. The standard InChI is InChI=1S/C15H26N2O/c1-6-13(4)15(16(7-2)8-3)14(5)17-9-11-18-12-10-17/h7H,2,5-6,8-12H2,1,3-4H3/b15-13-. The Morgan fingerprint density at radius 2 is 1.94 bits per heavy atom. The maximum Gasteiger partial charge on any atom is 0.0642 e. The third-order valence-electron chi connectivity index (χ3n) is 3.45. The summed E-state index contributed by atoms with van der Waals surface area (Å²) in [5.41, 5.74) is 3.67. The number of hydrogen-bond acceptors (Lipinski definition) is 3. The molecule has 1 aliphatic rings. The van der Waals surface area contributed by atoms with Crippen molar-refractivity contribution in [2.24, 2.45) is 0 Å². The smallest absolute Gasteiger partial charge is 0.0642 e. The summed E-state index contributed by atoms with van der Waals surface area (Å²) < 4.78 is 5.40. The highest BCUT2D eigenvalue weighted by molar-refractivity contribution is 5.32. The third-order valence-corrected chi connectivity index (χ3v) is 3.45. The summed E-state index contributed by atoms with van der Waals surface area (Å²) >= 11 is 0. The molecule has 1 fully saturated rings. The van der Waals surface area contributed by atoms with Gasteiger partial charge in [-0.05, 0) is 32.0 Å². The van der Waals surface area contributed by atoms with Crippen LogP contribution >= 0.6 is 0 Å². The first-order chi connectivity index (χ1) is 8.65. The largest absolute Gasteiger partial charge is 0.378 e. The molecule has 18 heavy (non-hydrogen) atoms. The molecule has 1 saturated heterocycles. The lowest BCUT2D eigenvalue weighted by Crippen LogP contribution is -2.38. The molecule has 1 rings (SSSR count). The predicted molar refractivity (Wildman–Crippen MR) is 77.1 cm³/mol. The molecule has 0 aromatic heterocycles. The van der Waals surface area contributed by atoms with Crippen molar-refractivity contribution in [3.63, 3.8) is 0 Å². The minimum absolute atomic E-state index is 0.789. The van der Waals surface area contributed by atoms with Crippen LogP contribution in [-0.2, 0) is 4.74 Å². The van der Waals surface area contributed by atoms with Crippen molar-refractivity contribution in [2.75, 3.05) is 32.8 Å². The van der Waals surface area contributed by atoms with Crippen LogP contribution in [0.2, 0.25) is 0 Å². The van der Waals surface area contributed by atoms with Crippen molar-refractivity contribution >= 4 is 0 Å². The average Bonchev–Trinajstić information content (AvgIpc) is 2.44. The van der Waals surface area contributed by atoms with Crippen LogP contribution in [0.4, 0.5) is 0 Å². The van der Waals surface area contributed by atoms with Gasteiger partial charge in [0.15, 0.2) is 0 Å². The average molecular weight is 250 g/mol. The highest BCUT2D eigenvalue weighted by atomic mass is 16.5. The molecule has 1 heterocycles. The Balaban J connectivity index is 2.95. The van der Waals surface area contributed by atoms with Crippen molar-refractivity contribution in [2.45, 2.75) is 27.2 Å². The molecular weight excluding hydrogens is 224 g/mol. The summed E-state index contributed by atoms with van der Waals surface area (Å²) in [5.74, 6) is 0. The van der Waals surface area contributed by atoms with Gasteiger partial charge in [0.2, 0.25) is 0 Å². The quantitative estimate of drug-likeness (QED) is 0.674. The normalized spacial score (nSPS) is 17.2. The van der Waals surface area contributed by atoms with E-state index in [9.17, 15) is 0 Å². The molecule has 0 aromatic carbocycles. The Kier molecular flexibility index (Phi) is 5.99. The zero-order valence-electron chi connectivity index (χ0n) is 12.0. The van der Waals surface area contributed by atoms with Gasteiger partial charge in [0.1, 0.15) is 0 Å². The lowest BCUT2D eigenvalue weighted by Gasteiger charge is -2.35. The first-order valence-corrected chi connectivity index (χ1v) is 6.76. The minimum Gasteiger partial charge on any atom is -0.378 e. The molecule has 0 radical (unpaired) electrons. The van der Waals surface area contributed by atoms with Gasteiger partial charge in [-0.15, -0.1) is 0 Å². The summed E-state index contributed by atoms with van der Waals surface area (Å²) in [6.45, 7) is 19.0. The Hall–Kier alpha value is -1.22. The molecule has 102 valence electrons. The Labute approximate surface area is 111 Å². The van der Waals surface area contributed by atoms with Crippen LogP contribution in [0.5, 0.6) is 0 Å². The molecule has 0 unspecified atom stereocenters. The number of rotatable bonds is 6. The second kappa shape index (κ2) is 7.27. The first-order valence-electron chi connectivity index (χ1n) is 6.76. The van der Waals surface area contributed by atoms with Crippen LogP contribution in [0.1, 0.15) is 27.2 Å². The molecule has 0 amide bonds. The Bertz CT molecular complexity index is 327. The predicted octanol–water partition coefficient (Wildman–Crippen LogP) is 2.98. The fourth-order valence-corrected chi connectivity index (χ4v) is 2.19. The lowest BCUT2D eigenvalue weighted by molar-refractivity contribution is 0.0536. The minimum atomic E-state index is 0.789. The number of hydrogen-bond donors (Lipinski definition) is 0. The van der Waals surface area contributed by atoms with E-state index in [0.717, 1.165) is 45.0 Å². The maximum absolute atomic E-state index is 5.40. The number of ether oxygens (including phenoxy) is 1. The van der Waals surface area contributed by atoms with Gasteiger partial charge >= 0.3 is 0 Å². The summed E-state index contributed by atoms with van der Waals surface area (Å²) in [5, 5.41) is 0. The van der Waals surface area contributed by atoms with Crippen LogP contribution in [0.3, 0.4) is 0 Å². The van der Waals surface area contributed by atoms with Crippen LogP contribution in [0.25, 0.3) is 0 Å².